The maximum absolute atomic E-state index is 14.2. The Morgan fingerprint density at radius 3 is 2.39 bits per heavy atom. The van der Waals surface area contributed by atoms with Crippen molar-refractivity contribution < 1.29 is 27.5 Å². The molecule has 0 unspecified atom stereocenters. The Balaban J connectivity index is 1.58. The molecule has 9 nitrogen and oxygen atoms in total. The van der Waals surface area contributed by atoms with Crippen LogP contribution in [-0.2, 0) is 30.2 Å². The lowest BCUT2D eigenvalue weighted by Crippen LogP contribution is -2.34. The average Bonchev–Trinajstić information content (AvgIpc) is 3.59. The molecule has 44 heavy (non-hydrogen) atoms. The van der Waals surface area contributed by atoms with Gasteiger partial charge in [0, 0.05) is 36.1 Å². The van der Waals surface area contributed by atoms with E-state index in [-0.39, 0.29) is 46.7 Å². The molecule has 0 aliphatic carbocycles. The fraction of sp³-hybridized carbons (Fsp3) is 0.188. The number of aromatic carboxylic acids is 1. The number of rotatable bonds is 10. The number of halogens is 2. The molecule has 1 amide bonds. The van der Waals surface area contributed by atoms with Crippen LogP contribution in [0.15, 0.2) is 88.4 Å². The largest absolute Gasteiger partial charge is 0.477 e. The third kappa shape index (κ3) is 5.80. The highest BCUT2D eigenvalue weighted by molar-refractivity contribution is 7.92. The van der Waals surface area contributed by atoms with Crippen LogP contribution < -0.4 is 4.31 Å². The monoisotopic (exact) mass is 653 g/mol. The van der Waals surface area contributed by atoms with Crippen LogP contribution >= 0.6 is 23.2 Å². The molecular weight excluding hydrogens is 625 g/mol. The van der Waals surface area contributed by atoms with Crippen molar-refractivity contribution in [1.29, 1.82) is 0 Å². The predicted molar refractivity (Wildman–Crippen MR) is 170 cm³/mol. The number of carboxylic acids is 1. The van der Waals surface area contributed by atoms with Crippen LogP contribution in [0, 0.1) is 6.92 Å². The third-order valence-electron chi connectivity index (χ3n) is 7.49. The van der Waals surface area contributed by atoms with Gasteiger partial charge in [0.15, 0.2) is 0 Å². The lowest BCUT2D eigenvalue weighted by Gasteiger charge is -2.29. The average molecular weight is 655 g/mol. The van der Waals surface area contributed by atoms with Gasteiger partial charge < -0.3 is 19.0 Å². The van der Waals surface area contributed by atoms with Gasteiger partial charge in [-0.15, -0.1) is 0 Å². The summed E-state index contributed by atoms with van der Waals surface area (Å²) in [6.07, 6.45) is 1.51. The Bertz CT molecular complexity index is 1990. The molecule has 5 rings (SSSR count). The molecular formula is C32H29Cl2N3O6S. The number of anilines is 1. The van der Waals surface area contributed by atoms with Crippen LogP contribution in [0.2, 0.25) is 10.0 Å². The molecule has 228 valence electrons. The first-order valence-electron chi connectivity index (χ1n) is 13.6. The van der Waals surface area contributed by atoms with Crippen molar-refractivity contribution >= 4 is 61.7 Å². The number of hydrogen-bond acceptors (Lipinski definition) is 5. The van der Waals surface area contributed by atoms with Crippen LogP contribution in [0.4, 0.5) is 5.69 Å². The van der Waals surface area contributed by atoms with Gasteiger partial charge in [0.05, 0.1) is 34.0 Å². The van der Waals surface area contributed by atoms with Gasteiger partial charge in [-0.05, 0) is 85.6 Å². The second-order valence-corrected chi connectivity index (χ2v) is 12.9. The summed E-state index contributed by atoms with van der Waals surface area (Å²) in [5.41, 5.74) is 2.26. The van der Waals surface area contributed by atoms with Gasteiger partial charge in [-0.2, -0.15) is 0 Å². The highest BCUT2D eigenvalue weighted by Crippen LogP contribution is 2.34. The Hall–Kier alpha value is -4.25. The zero-order chi connectivity index (χ0) is 31.8. The number of aromatic nitrogens is 1. The number of fused-ring (bicyclic) bond motifs is 1. The minimum absolute atomic E-state index is 0.00188. The van der Waals surface area contributed by atoms with Gasteiger partial charge >= 0.3 is 5.97 Å². The highest BCUT2D eigenvalue weighted by Gasteiger charge is 2.29. The second kappa shape index (κ2) is 12.4. The number of sulfonamides is 1. The summed E-state index contributed by atoms with van der Waals surface area (Å²) in [7, 11) is -2.52. The summed E-state index contributed by atoms with van der Waals surface area (Å²) >= 11 is 12.8. The molecule has 0 bridgehead atoms. The van der Waals surface area contributed by atoms with Crippen LogP contribution in [-0.4, -0.2) is 41.4 Å². The Labute approximate surface area is 264 Å². The van der Waals surface area contributed by atoms with Crippen molar-refractivity contribution in [2.45, 2.75) is 31.8 Å². The molecule has 0 aliphatic heterocycles. The maximum atomic E-state index is 14.2. The number of carboxylic acid groups (broad SMARTS) is 1. The number of amides is 1. The third-order valence-corrected chi connectivity index (χ3v) is 9.94. The number of furan rings is 1. The minimum atomic E-state index is -4.15. The van der Waals surface area contributed by atoms with E-state index in [4.69, 9.17) is 27.6 Å². The van der Waals surface area contributed by atoms with E-state index < -0.39 is 16.0 Å². The first-order chi connectivity index (χ1) is 20.9. The first-order valence-corrected chi connectivity index (χ1v) is 15.8. The SMILES string of the molecule is CCN(c1ccc(Cl)cc1CN(Cc1ccco1)C(=O)c1ccccc1Cl)S(=O)(=O)c1ccc2c(c1)c(C)c(C(=O)O)n2C. The number of carbonyl (C=O) groups is 2. The number of aryl methyl sites for hydroxylation is 2. The number of nitrogens with zero attached hydrogens (tertiary/aromatic N) is 3. The Morgan fingerprint density at radius 1 is 0.977 bits per heavy atom. The summed E-state index contributed by atoms with van der Waals surface area (Å²) in [5.74, 6) is -0.943. The lowest BCUT2D eigenvalue weighted by atomic mass is 10.1. The van der Waals surface area contributed by atoms with Crippen molar-refractivity contribution in [1.82, 2.24) is 9.47 Å². The summed E-state index contributed by atoms with van der Waals surface area (Å²) in [5, 5.41) is 10.9. The molecule has 1 N–H and O–H groups in total. The quantitative estimate of drug-likeness (QED) is 0.171. The van der Waals surface area contributed by atoms with Gasteiger partial charge in [0.1, 0.15) is 11.5 Å². The summed E-state index contributed by atoms with van der Waals surface area (Å²) in [6, 6.07) is 19.5. The molecule has 2 aromatic heterocycles. The number of carbonyl (C=O) groups excluding carboxylic acids is 1. The Kier molecular flexibility index (Phi) is 8.78. The van der Waals surface area contributed by atoms with Crippen LogP contribution in [0.1, 0.15) is 44.7 Å². The topological polar surface area (TPSA) is 113 Å². The molecule has 0 radical (unpaired) electrons. The van der Waals surface area contributed by atoms with E-state index >= 15 is 0 Å². The molecule has 0 saturated carbocycles. The molecule has 0 atom stereocenters. The molecule has 0 saturated heterocycles. The van der Waals surface area contributed by atoms with E-state index in [1.54, 1.807) is 81.6 Å². The van der Waals surface area contributed by atoms with Gasteiger partial charge in [-0.3, -0.25) is 9.10 Å². The van der Waals surface area contributed by atoms with Crippen molar-refractivity contribution in [3.8, 4) is 0 Å². The van der Waals surface area contributed by atoms with E-state index in [0.717, 1.165) is 0 Å². The van der Waals surface area contributed by atoms with E-state index in [1.807, 2.05) is 0 Å². The van der Waals surface area contributed by atoms with E-state index in [2.05, 4.69) is 0 Å². The zero-order valence-electron chi connectivity index (χ0n) is 24.1. The zero-order valence-corrected chi connectivity index (χ0v) is 26.4. The first kappa shape index (κ1) is 31.2. The van der Waals surface area contributed by atoms with Crippen molar-refractivity contribution in [2.24, 2.45) is 7.05 Å². The number of benzene rings is 3. The van der Waals surface area contributed by atoms with Gasteiger partial charge in [-0.25, -0.2) is 13.2 Å². The molecule has 0 aliphatic rings. The fourth-order valence-corrected chi connectivity index (χ4v) is 7.34. The van der Waals surface area contributed by atoms with Crippen molar-refractivity contribution in [3.63, 3.8) is 0 Å². The van der Waals surface area contributed by atoms with Crippen LogP contribution in [0.3, 0.4) is 0 Å². The summed E-state index contributed by atoms with van der Waals surface area (Å²) in [4.78, 5) is 27.1. The minimum Gasteiger partial charge on any atom is -0.477 e. The molecule has 12 heteroatoms. The van der Waals surface area contributed by atoms with E-state index in [9.17, 15) is 23.1 Å². The Morgan fingerprint density at radius 2 is 1.73 bits per heavy atom. The van der Waals surface area contributed by atoms with Gasteiger partial charge in [0.2, 0.25) is 0 Å². The standard InChI is InChI=1S/C32H29Cl2N3O6S/c1-4-37(44(41,42)24-12-14-29-26(17-24)20(2)30(32(39)40)35(29)3)28-13-11-22(33)16-21(28)18-36(19-23-8-7-15-43-23)31(38)25-9-5-6-10-27(25)34/h5-17H,4,18-19H2,1-3H3,(H,39,40). The van der Waals surface area contributed by atoms with Crippen LogP contribution in [0.25, 0.3) is 10.9 Å². The predicted octanol–water partition coefficient (Wildman–Crippen LogP) is 7.14. The molecule has 2 heterocycles. The van der Waals surface area contributed by atoms with Gasteiger partial charge in [0.25, 0.3) is 15.9 Å². The highest BCUT2D eigenvalue weighted by atomic mass is 35.5. The molecule has 0 fully saturated rings. The maximum Gasteiger partial charge on any atom is 0.352 e. The normalized spacial score (nSPS) is 11.6. The van der Waals surface area contributed by atoms with Gasteiger partial charge in [-0.1, -0.05) is 35.3 Å². The fourth-order valence-electron chi connectivity index (χ4n) is 5.39. The summed E-state index contributed by atoms with van der Waals surface area (Å²) in [6.45, 7) is 3.52. The lowest BCUT2D eigenvalue weighted by molar-refractivity contribution is 0.0684. The smallest absolute Gasteiger partial charge is 0.352 e. The molecule has 3 aromatic carbocycles. The molecule has 0 spiro atoms. The van der Waals surface area contributed by atoms with Crippen LogP contribution in [0.5, 0.6) is 0 Å². The second-order valence-electron chi connectivity index (χ2n) is 10.2. The molecule has 5 aromatic rings. The van der Waals surface area contributed by atoms with Crippen molar-refractivity contribution in [3.05, 3.63) is 117 Å². The van der Waals surface area contributed by atoms with E-state index in [1.165, 1.54) is 32.2 Å². The number of hydrogen-bond donors (Lipinski definition) is 1. The van der Waals surface area contributed by atoms with Crippen molar-refractivity contribution in [2.75, 3.05) is 10.8 Å². The van der Waals surface area contributed by atoms with E-state index in [0.29, 0.717) is 38.5 Å². The summed E-state index contributed by atoms with van der Waals surface area (Å²) < 4.78 is 36.7.